The van der Waals surface area contributed by atoms with Crippen LogP contribution < -0.4 is 5.32 Å². The highest BCUT2D eigenvalue weighted by molar-refractivity contribution is 5.07. The fraction of sp³-hybridized carbons (Fsp3) is 1.00. The molecule has 0 aromatic carbocycles. The number of piperazine rings is 1. The van der Waals surface area contributed by atoms with Crippen LogP contribution in [-0.4, -0.2) is 35.6 Å². The minimum Gasteiger partial charge on any atom is -0.308 e. The van der Waals surface area contributed by atoms with E-state index in [1.54, 1.807) is 0 Å². The number of nitrogens with one attached hydrogen (secondary N) is 1. The Labute approximate surface area is 101 Å². The fourth-order valence-corrected chi connectivity index (χ4v) is 3.11. The molecule has 0 bridgehead atoms. The molecular weight excluding hydrogens is 196 g/mol. The van der Waals surface area contributed by atoms with E-state index in [2.05, 4.69) is 37.9 Å². The molecule has 0 radical (unpaired) electrons. The Morgan fingerprint density at radius 3 is 2.44 bits per heavy atom. The second kappa shape index (κ2) is 4.30. The standard InChI is InChI=1S/C14H28N2/c1-5-9-16-11-13(3,6-2)15-10-14(16,4)12-7-8-12/h12,15H,5-11H2,1-4H3. The SMILES string of the molecule is CCCN1CC(C)(CC)NCC1(C)C1CC1. The van der Waals surface area contributed by atoms with Crippen LogP contribution >= 0.6 is 0 Å². The van der Waals surface area contributed by atoms with Gasteiger partial charge in [-0.25, -0.2) is 0 Å². The van der Waals surface area contributed by atoms with Crippen LogP contribution in [0, 0.1) is 5.92 Å². The van der Waals surface area contributed by atoms with Gasteiger partial charge in [0, 0.05) is 24.2 Å². The summed E-state index contributed by atoms with van der Waals surface area (Å²) in [6.07, 6.45) is 5.40. The lowest BCUT2D eigenvalue weighted by atomic mass is 9.84. The Hall–Kier alpha value is -0.0800. The molecule has 2 aliphatic rings. The summed E-state index contributed by atoms with van der Waals surface area (Å²) in [5.74, 6) is 0.952. The average molecular weight is 224 g/mol. The Balaban J connectivity index is 2.10. The van der Waals surface area contributed by atoms with Crippen LogP contribution in [0.3, 0.4) is 0 Å². The number of hydrogen-bond acceptors (Lipinski definition) is 2. The van der Waals surface area contributed by atoms with E-state index in [0.717, 1.165) is 5.92 Å². The highest BCUT2D eigenvalue weighted by Gasteiger charge is 2.49. The van der Waals surface area contributed by atoms with Crippen molar-refractivity contribution in [2.75, 3.05) is 19.6 Å². The smallest absolute Gasteiger partial charge is 0.0334 e. The lowest BCUT2D eigenvalue weighted by Gasteiger charge is -2.52. The summed E-state index contributed by atoms with van der Waals surface area (Å²) >= 11 is 0. The predicted molar refractivity (Wildman–Crippen MR) is 69.7 cm³/mol. The van der Waals surface area contributed by atoms with Gasteiger partial charge in [0.05, 0.1) is 0 Å². The second-order valence-corrected chi connectivity index (χ2v) is 6.32. The summed E-state index contributed by atoms with van der Waals surface area (Å²) in [5, 5.41) is 3.80. The molecular formula is C14H28N2. The van der Waals surface area contributed by atoms with Crippen molar-refractivity contribution in [3.63, 3.8) is 0 Å². The minimum atomic E-state index is 0.337. The molecule has 2 rings (SSSR count). The first kappa shape index (κ1) is 12.4. The zero-order chi connectivity index (χ0) is 11.8. The third-order valence-corrected chi connectivity index (χ3v) is 4.87. The molecule has 1 aliphatic heterocycles. The largest absolute Gasteiger partial charge is 0.308 e. The number of rotatable bonds is 4. The first-order valence-corrected chi connectivity index (χ1v) is 7.04. The van der Waals surface area contributed by atoms with Gasteiger partial charge in [0.1, 0.15) is 0 Å². The van der Waals surface area contributed by atoms with Crippen molar-refractivity contribution >= 4 is 0 Å². The molecule has 1 heterocycles. The zero-order valence-corrected chi connectivity index (χ0v) is 11.5. The van der Waals surface area contributed by atoms with E-state index < -0.39 is 0 Å². The van der Waals surface area contributed by atoms with Crippen molar-refractivity contribution in [3.8, 4) is 0 Å². The van der Waals surface area contributed by atoms with Gasteiger partial charge in [-0.05, 0) is 52.0 Å². The van der Waals surface area contributed by atoms with E-state index in [-0.39, 0.29) is 0 Å². The van der Waals surface area contributed by atoms with Crippen molar-refractivity contribution in [1.29, 1.82) is 0 Å². The molecule has 2 nitrogen and oxygen atoms in total. The molecule has 1 N–H and O–H groups in total. The van der Waals surface area contributed by atoms with Gasteiger partial charge >= 0.3 is 0 Å². The topological polar surface area (TPSA) is 15.3 Å². The summed E-state index contributed by atoms with van der Waals surface area (Å²) in [6, 6.07) is 0. The highest BCUT2D eigenvalue weighted by atomic mass is 15.3. The average Bonchev–Trinajstić information content (AvgIpc) is 3.08. The van der Waals surface area contributed by atoms with Crippen LogP contribution in [0.5, 0.6) is 0 Å². The van der Waals surface area contributed by atoms with Gasteiger partial charge in [-0.1, -0.05) is 13.8 Å². The molecule has 2 heteroatoms. The third-order valence-electron chi connectivity index (χ3n) is 4.87. The quantitative estimate of drug-likeness (QED) is 0.790. The molecule has 0 aromatic rings. The maximum atomic E-state index is 3.80. The third kappa shape index (κ3) is 2.14. The molecule has 1 aliphatic carbocycles. The van der Waals surface area contributed by atoms with E-state index in [1.165, 1.54) is 45.3 Å². The second-order valence-electron chi connectivity index (χ2n) is 6.32. The van der Waals surface area contributed by atoms with E-state index in [1.807, 2.05) is 0 Å². The molecule has 2 unspecified atom stereocenters. The van der Waals surface area contributed by atoms with E-state index >= 15 is 0 Å². The monoisotopic (exact) mass is 224 g/mol. The molecule has 1 saturated carbocycles. The zero-order valence-electron chi connectivity index (χ0n) is 11.5. The Bertz CT molecular complexity index is 249. The van der Waals surface area contributed by atoms with Crippen LogP contribution in [0.25, 0.3) is 0 Å². The molecule has 0 spiro atoms. The van der Waals surface area contributed by atoms with Gasteiger partial charge < -0.3 is 5.32 Å². The van der Waals surface area contributed by atoms with Crippen molar-refractivity contribution < 1.29 is 0 Å². The van der Waals surface area contributed by atoms with Gasteiger partial charge in [-0.2, -0.15) is 0 Å². The van der Waals surface area contributed by atoms with Crippen molar-refractivity contribution in [2.45, 2.75) is 64.5 Å². The maximum absolute atomic E-state index is 3.80. The molecule has 0 aromatic heterocycles. The molecule has 2 atom stereocenters. The van der Waals surface area contributed by atoms with Crippen LogP contribution in [0.2, 0.25) is 0 Å². The molecule has 0 amide bonds. The molecule has 1 saturated heterocycles. The first-order valence-electron chi connectivity index (χ1n) is 7.04. The molecule has 94 valence electrons. The van der Waals surface area contributed by atoms with Crippen molar-refractivity contribution in [3.05, 3.63) is 0 Å². The van der Waals surface area contributed by atoms with Gasteiger partial charge in [0.2, 0.25) is 0 Å². The van der Waals surface area contributed by atoms with E-state index in [4.69, 9.17) is 0 Å². The van der Waals surface area contributed by atoms with Crippen LogP contribution in [0.4, 0.5) is 0 Å². The molecule has 16 heavy (non-hydrogen) atoms. The van der Waals surface area contributed by atoms with Crippen molar-refractivity contribution in [2.24, 2.45) is 5.92 Å². The normalized spacial score (nSPS) is 41.2. The van der Waals surface area contributed by atoms with Crippen LogP contribution in [0.15, 0.2) is 0 Å². The molecule has 2 fully saturated rings. The summed E-state index contributed by atoms with van der Waals surface area (Å²) in [6.45, 7) is 13.1. The van der Waals surface area contributed by atoms with E-state index in [0.29, 0.717) is 11.1 Å². The Morgan fingerprint density at radius 2 is 1.94 bits per heavy atom. The first-order chi connectivity index (χ1) is 7.54. The summed E-state index contributed by atoms with van der Waals surface area (Å²) in [7, 11) is 0. The van der Waals surface area contributed by atoms with Crippen LogP contribution in [0.1, 0.15) is 53.4 Å². The lowest BCUT2D eigenvalue weighted by molar-refractivity contribution is 0.00534. The summed E-state index contributed by atoms with van der Waals surface area (Å²) in [5.41, 5.74) is 0.772. The maximum Gasteiger partial charge on any atom is 0.0334 e. The predicted octanol–water partition coefficient (Wildman–Crippen LogP) is 2.64. The van der Waals surface area contributed by atoms with Gasteiger partial charge in [0.15, 0.2) is 0 Å². The minimum absolute atomic E-state index is 0.337. The number of nitrogens with zero attached hydrogens (tertiary/aromatic N) is 1. The van der Waals surface area contributed by atoms with E-state index in [9.17, 15) is 0 Å². The lowest BCUT2D eigenvalue weighted by Crippen LogP contribution is -2.68. The Kier molecular flexibility index (Phi) is 3.33. The fourth-order valence-electron chi connectivity index (χ4n) is 3.11. The van der Waals surface area contributed by atoms with Crippen LogP contribution in [-0.2, 0) is 0 Å². The summed E-state index contributed by atoms with van der Waals surface area (Å²) in [4.78, 5) is 2.77. The highest BCUT2D eigenvalue weighted by Crippen LogP contribution is 2.45. The van der Waals surface area contributed by atoms with Crippen molar-refractivity contribution in [1.82, 2.24) is 10.2 Å². The summed E-state index contributed by atoms with van der Waals surface area (Å²) < 4.78 is 0. The van der Waals surface area contributed by atoms with Gasteiger partial charge in [-0.15, -0.1) is 0 Å². The number of hydrogen-bond donors (Lipinski definition) is 1. The van der Waals surface area contributed by atoms with Gasteiger partial charge in [-0.3, -0.25) is 4.90 Å². The Morgan fingerprint density at radius 1 is 1.25 bits per heavy atom. The van der Waals surface area contributed by atoms with Gasteiger partial charge in [0.25, 0.3) is 0 Å².